The molecule has 1 heterocycles. The van der Waals surface area contributed by atoms with E-state index in [1.165, 1.54) is 0 Å². The van der Waals surface area contributed by atoms with Crippen LogP contribution in [-0.2, 0) is 4.79 Å². The summed E-state index contributed by atoms with van der Waals surface area (Å²) < 4.78 is 0. The Bertz CT molecular complexity index is 185. The van der Waals surface area contributed by atoms with Crippen LogP contribution in [0.3, 0.4) is 0 Å². The van der Waals surface area contributed by atoms with Crippen molar-refractivity contribution in [3.8, 4) is 0 Å². The van der Waals surface area contributed by atoms with Crippen molar-refractivity contribution in [3.63, 3.8) is 0 Å². The van der Waals surface area contributed by atoms with Gasteiger partial charge in [0.25, 0.3) is 0 Å². The van der Waals surface area contributed by atoms with E-state index in [2.05, 4.69) is 19.2 Å². The zero-order chi connectivity index (χ0) is 9.19. The van der Waals surface area contributed by atoms with Gasteiger partial charge >= 0.3 is 5.97 Å². The Hall–Kier alpha value is 0.0700. The third kappa shape index (κ3) is 2.76. The lowest BCUT2D eigenvalue weighted by Crippen LogP contribution is -2.44. The molecular formula is C8H16ClNO2S. The molecule has 0 aromatic rings. The van der Waals surface area contributed by atoms with Crippen LogP contribution < -0.4 is 5.32 Å². The lowest BCUT2D eigenvalue weighted by molar-refractivity contribution is -0.138. The van der Waals surface area contributed by atoms with Crippen molar-refractivity contribution in [1.82, 2.24) is 5.32 Å². The number of thioether (sulfide) groups is 1. The average Bonchev–Trinajstić information content (AvgIpc) is 2.49. The molecule has 0 aromatic carbocycles. The van der Waals surface area contributed by atoms with Crippen LogP contribution in [0.25, 0.3) is 0 Å². The maximum atomic E-state index is 10.6. The maximum absolute atomic E-state index is 10.6. The van der Waals surface area contributed by atoms with E-state index in [1.54, 1.807) is 11.8 Å². The van der Waals surface area contributed by atoms with Crippen LogP contribution >= 0.6 is 24.2 Å². The van der Waals surface area contributed by atoms with E-state index in [9.17, 15) is 4.79 Å². The minimum absolute atomic E-state index is 0. The summed E-state index contributed by atoms with van der Waals surface area (Å²) in [6.07, 6.45) is 1.97. The second-order valence-electron chi connectivity index (χ2n) is 3.05. The fraction of sp³-hybridized carbons (Fsp3) is 0.875. The molecule has 1 aliphatic heterocycles. The van der Waals surface area contributed by atoms with Gasteiger partial charge in [-0.25, -0.2) is 0 Å². The smallest absolute Gasteiger partial charge is 0.321 e. The highest BCUT2D eigenvalue weighted by Gasteiger charge is 2.39. The number of nitrogens with one attached hydrogen (secondary N) is 1. The molecule has 13 heavy (non-hydrogen) atoms. The molecule has 0 spiro atoms. The predicted octanol–water partition coefficient (Wildman–Crippen LogP) is 1.71. The average molecular weight is 226 g/mol. The van der Waals surface area contributed by atoms with Gasteiger partial charge in [0.15, 0.2) is 0 Å². The molecule has 5 heteroatoms. The molecule has 0 amide bonds. The minimum Gasteiger partial charge on any atom is -0.480 e. The second-order valence-corrected chi connectivity index (χ2v) is 4.45. The molecule has 1 saturated heterocycles. The van der Waals surface area contributed by atoms with Gasteiger partial charge in [-0.15, -0.1) is 24.2 Å². The first-order chi connectivity index (χ1) is 5.63. The third-order valence-corrected chi connectivity index (χ3v) is 4.15. The van der Waals surface area contributed by atoms with Gasteiger partial charge < -0.3 is 5.11 Å². The van der Waals surface area contributed by atoms with Gasteiger partial charge in [-0.2, -0.15) is 0 Å². The zero-order valence-electron chi connectivity index (χ0n) is 7.87. The molecule has 0 aromatic heterocycles. The van der Waals surface area contributed by atoms with Crippen LogP contribution in [0.4, 0.5) is 0 Å². The standard InChI is InChI=1S/C8H15NO2S.ClH/c1-3-8(4-2)9-6(5-12-8)7(10)11;/h6,9H,3-5H2,1-2H3,(H,10,11);1H. The fourth-order valence-corrected chi connectivity index (χ4v) is 2.78. The number of carboxylic acids is 1. The van der Waals surface area contributed by atoms with Crippen LogP contribution in [0, 0.1) is 0 Å². The number of hydrogen-bond acceptors (Lipinski definition) is 3. The van der Waals surface area contributed by atoms with Gasteiger partial charge in [-0.1, -0.05) is 13.8 Å². The highest BCUT2D eigenvalue weighted by atomic mass is 35.5. The largest absolute Gasteiger partial charge is 0.480 e. The summed E-state index contributed by atoms with van der Waals surface area (Å²) in [6, 6.07) is -0.352. The molecule has 0 aliphatic carbocycles. The Kier molecular flexibility index (Phi) is 5.10. The zero-order valence-corrected chi connectivity index (χ0v) is 9.50. The van der Waals surface area contributed by atoms with Crippen molar-refractivity contribution in [2.45, 2.75) is 37.6 Å². The normalized spacial score (nSPS) is 25.2. The van der Waals surface area contributed by atoms with E-state index >= 15 is 0 Å². The summed E-state index contributed by atoms with van der Waals surface area (Å²) >= 11 is 1.73. The Morgan fingerprint density at radius 2 is 2.15 bits per heavy atom. The summed E-state index contributed by atoms with van der Waals surface area (Å²) in [5.41, 5.74) is 0. The van der Waals surface area contributed by atoms with E-state index < -0.39 is 5.97 Å². The van der Waals surface area contributed by atoms with Gasteiger partial charge in [0.05, 0.1) is 4.87 Å². The van der Waals surface area contributed by atoms with Gasteiger partial charge in [0.2, 0.25) is 0 Å². The Labute approximate surface area is 89.1 Å². The molecule has 0 radical (unpaired) electrons. The van der Waals surface area contributed by atoms with Crippen LogP contribution in [0.15, 0.2) is 0 Å². The van der Waals surface area contributed by atoms with Crippen molar-refractivity contribution in [2.24, 2.45) is 0 Å². The molecule has 1 atom stereocenters. The monoisotopic (exact) mass is 225 g/mol. The topological polar surface area (TPSA) is 49.3 Å². The first kappa shape index (κ1) is 13.1. The van der Waals surface area contributed by atoms with Crippen molar-refractivity contribution >= 4 is 30.1 Å². The number of halogens is 1. The fourth-order valence-electron chi connectivity index (χ4n) is 1.43. The van der Waals surface area contributed by atoms with Crippen LogP contribution in [-0.4, -0.2) is 27.7 Å². The molecule has 1 unspecified atom stereocenters. The van der Waals surface area contributed by atoms with E-state index in [1.807, 2.05) is 0 Å². The Morgan fingerprint density at radius 3 is 2.38 bits per heavy atom. The van der Waals surface area contributed by atoms with Crippen LogP contribution in [0.2, 0.25) is 0 Å². The summed E-state index contributed by atoms with van der Waals surface area (Å²) in [5, 5.41) is 11.9. The quantitative estimate of drug-likeness (QED) is 0.768. The number of aliphatic carboxylic acids is 1. The van der Waals surface area contributed by atoms with Gasteiger partial charge in [-0.3, -0.25) is 10.1 Å². The van der Waals surface area contributed by atoms with Crippen molar-refractivity contribution in [2.75, 3.05) is 5.75 Å². The molecule has 0 saturated carbocycles. The molecule has 1 aliphatic rings. The molecule has 2 N–H and O–H groups in total. The van der Waals surface area contributed by atoms with E-state index in [0.29, 0.717) is 5.75 Å². The second kappa shape index (κ2) is 5.08. The number of carboxylic acid groups (broad SMARTS) is 1. The highest BCUT2D eigenvalue weighted by molar-refractivity contribution is 8.00. The number of hydrogen-bond donors (Lipinski definition) is 2. The SMILES string of the molecule is CCC1(CC)NC(C(=O)O)CS1.Cl. The summed E-state index contributed by atoms with van der Waals surface area (Å²) in [7, 11) is 0. The molecular weight excluding hydrogens is 210 g/mol. The van der Waals surface area contributed by atoms with Gasteiger partial charge in [-0.05, 0) is 12.8 Å². The Balaban J connectivity index is 0.00000144. The van der Waals surface area contributed by atoms with Crippen molar-refractivity contribution < 1.29 is 9.90 Å². The molecule has 0 bridgehead atoms. The lowest BCUT2D eigenvalue weighted by atomic mass is 10.1. The summed E-state index contributed by atoms with van der Waals surface area (Å²) in [6.45, 7) is 4.18. The van der Waals surface area contributed by atoms with Gasteiger partial charge in [0.1, 0.15) is 6.04 Å². The Morgan fingerprint density at radius 1 is 1.62 bits per heavy atom. The van der Waals surface area contributed by atoms with Crippen LogP contribution in [0.1, 0.15) is 26.7 Å². The maximum Gasteiger partial charge on any atom is 0.321 e. The number of carbonyl (C=O) groups is 1. The molecule has 1 fully saturated rings. The number of rotatable bonds is 3. The van der Waals surface area contributed by atoms with E-state index in [4.69, 9.17) is 5.11 Å². The minimum atomic E-state index is -0.730. The molecule has 3 nitrogen and oxygen atoms in total. The summed E-state index contributed by atoms with van der Waals surface area (Å²) in [4.78, 5) is 10.7. The first-order valence-electron chi connectivity index (χ1n) is 4.28. The molecule has 78 valence electrons. The summed E-state index contributed by atoms with van der Waals surface area (Å²) in [5.74, 6) is -0.0388. The van der Waals surface area contributed by atoms with Crippen molar-refractivity contribution in [3.05, 3.63) is 0 Å². The van der Waals surface area contributed by atoms with Crippen LogP contribution in [0.5, 0.6) is 0 Å². The van der Waals surface area contributed by atoms with Crippen molar-refractivity contribution in [1.29, 1.82) is 0 Å². The predicted molar refractivity (Wildman–Crippen MR) is 57.6 cm³/mol. The first-order valence-corrected chi connectivity index (χ1v) is 5.26. The molecule has 1 rings (SSSR count). The third-order valence-electron chi connectivity index (χ3n) is 2.40. The van der Waals surface area contributed by atoms with Gasteiger partial charge in [0, 0.05) is 5.75 Å². The van der Waals surface area contributed by atoms with E-state index in [-0.39, 0.29) is 23.3 Å². The van der Waals surface area contributed by atoms with E-state index in [0.717, 1.165) is 12.8 Å². The highest BCUT2D eigenvalue weighted by Crippen LogP contribution is 2.35. The lowest BCUT2D eigenvalue weighted by Gasteiger charge is -2.25.